The van der Waals surface area contributed by atoms with E-state index in [-0.39, 0.29) is 6.03 Å². The summed E-state index contributed by atoms with van der Waals surface area (Å²) in [6.07, 6.45) is 0. The second-order valence-corrected chi connectivity index (χ2v) is 5.27. The Morgan fingerprint density at radius 1 is 0.909 bits per heavy atom. The Kier molecular flexibility index (Phi) is 3.85. The van der Waals surface area contributed by atoms with E-state index in [4.69, 9.17) is 17.3 Å². The summed E-state index contributed by atoms with van der Waals surface area (Å²) < 4.78 is 0. The highest BCUT2D eigenvalue weighted by Gasteiger charge is 2.08. The van der Waals surface area contributed by atoms with Crippen molar-refractivity contribution in [2.24, 2.45) is 0 Å². The summed E-state index contributed by atoms with van der Waals surface area (Å²) in [5, 5.41) is 8.07. The number of urea groups is 1. The van der Waals surface area contributed by atoms with Gasteiger partial charge in [0.1, 0.15) is 0 Å². The number of nitrogens with two attached hydrogens (primary N) is 1. The number of fused-ring (bicyclic) bond motifs is 1. The van der Waals surface area contributed by atoms with Crippen molar-refractivity contribution in [3.8, 4) is 0 Å². The van der Waals surface area contributed by atoms with Gasteiger partial charge in [0.2, 0.25) is 0 Å². The van der Waals surface area contributed by atoms with Gasteiger partial charge in [-0.1, -0.05) is 48.0 Å². The largest absolute Gasteiger partial charge is 0.397 e. The van der Waals surface area contributed by atoms with Gasteiger partial charge in [0.05, 0.1) is 17.1 Å². The lowest BCUT2D eigenvalue weighted by Gasteiger charge is -2.11. The number of hydrogen-bond acceptors (Lipinski definition) is 2. The van der Waals surface area contributed by atoms with Crippen molar-refractivity contribution >= 4 is 45.5 Å². The van der Waals surface area contributed by atoms with Gasteiger partial charge in [-0.15, -0.1) is 0 Å². The second-order valence-electron chi connectivity index (χ2n) is 4.84. The molecule has 0 aliphatic rings. The average Bonchev–Trinajstić information content (AvgIpc) is 2.51. The van der Waals surface area contributed by atoms with Gasteiger partial charge >= 0.3 is 6.03 Å². The maximum atomic E-state index is 12.2. The Morgan fingerprint density at radius 3 is 2.50 bits per heavy atom. The Bertz CT molecular complexity index is 843. The van der Waals surface area contributed by atoms with Crippen LogP contribution in [0.25, 0.3) is 10.8 Å². The van der Waals surface area contributed by atoms with Crippen LogP contribution in [0.1, 0.15) is 0 Å². The SMILES string of the molecule is Nc1ccc(Cl)cc1NC(=O)Nc1cccc2ccccc12. The van der Waals surface area contributed by atoms with Crippen molar-refractivity contribution in [2.45, 2.75) is 0 Å². The number of nitrogens with one attached hydrogen (secondary N) is 2. The molecule has 110 valence electrons. The zero-order valence-corrected chi connectivity index (χ0v) is 12.4. The molecule has 3 aromatic rings. The molecule has 0 spiro atoms. The van der Waals surface area contributed by atoms with Gasteiger partial charge in [-0.05, 0) is 29.7 Å². The third-order valence-electron chi connectivity index (χ3n) is 3.30. The van der Waals surface area contributed by atoms with Crippen LogP contribution in [0.3, 0.4) is 0 Å². The van der Waals surface area contributed by atoms with Crippen molar-refractivity contribution in [1.29, 1.82) is 0 Å². The van der Waals surface area contributed by atoms with Gasteiger partial charge in [-0.25, -0.2) is 4.79 Å². The number of benzene rings is 3. The molecule has 0 aliphatic heterocycles. The number of carbonyl (C=O) groups excluding carboxylic acids is 1. The summed E-state index contributed by atoms with van der Waals surface area (Å²) in [7, 11) is 0. The van der Waals surface area contributed by atoms with Crippen LogP contribution in [-0.4, -0.2) is 6.03 Å². The minimum atomic E-state index is -0.370. The lowest BCUT2D eigenvalue weighted by atomic mass is 10.1. The van der Waals surface area contributed by atoms with Crippen molar-refractivity contribution in [1.82, 2.24) is 0 Å². The van der Waals surface area contributed by atoms with Gasteiger partial charge < -0.3 is 16.4 Å². The molecule has 3 aromatic carbocycles. The van der Waals surface area contributed by atoms with E-state index in [1.165, 1.54) is 0 Å². The molecule has 0 atom stereocenters. The first kappa shape index (κ1) is 14.2. The third-order valence-corrected chi connectivity index (χ3v) is 3.54. The van der Waals surface area contributed by atoms with Crippen molar-refractivity contribution in [3.05, 3.63) is 65.7 Å². The van der Waals surface area contributed by atoms with Crippen LogP contribution >= 0.6 is 11.6 Å². The number of rotatable bonds is 2. The summed E-state index contributed by atoms with van der Waals surface area (Å²) >= 11 is 5.91. The molecule has 0 saturated heterocycles. The molecule has 0 fully saturated rings. The molecule has 0 aromatic heterocycles. The average molecular weight is 312 g/mol. The maximum Gasteiger partial charge on any atom is 0.323 e. The van der Waals surface area contributed by atoms with Crippen LogP contribution < -0.4 is 16.4 Å². The molecule has 0 heterocycles. The molecule has 0 aliphatic carbocycles. The van der Waals surface area contributed by atoms with Gasteiger partial charge in [-0.3, -0.25) is 0 Å². The molecule has 4 N–H and O–H groups in total. The number of halogens is 1. The highest BCUT2D eigenvalue weighted by molar-refractivity contribution is 6.31. The highest BCUT2D eigenvalue weighted by atomic mass is 35.5. The number of amides is 2. The predicted molar refractivity (Wildman–Crippen MR) is 92.5 cm³/mol. The van der Waals surface area contributed by atoms with Crippen LogP contribution in [0.4, 0.5) is 21.9 Å². The Balaban J connectivity index is 1.83. The summed E-state index contributed by atoms with van der Waals surface area (Å²) in [5.74, 6) is 0. The van der Waals surface area contributed by atoms with Crippen LogP contribution in [0.2, 0.25) is 5.02 Å². The van der Waals surface area contributed by atoms with Gasteiger partial charge in [0, 0.05) is 10.4 Å². The van der Waals surface area contributed by atoms with Gasteiger partial charge in [0.25, 0.3) is 0 Å². The van der Waals surface area contributed by atoms with Gasteiger partial charge in [-0.2, -0.15) is 0 Å². The summed E-state index contributed by atoms with van der Waals surface area (Å²) in [6, 6.07) is 18.1. The first-order valence-corrected chi connectivity index (χ1v) is 7.12. The maximum absolute atomic E-state index is 12.2. The smallest absolute Gasteiger partial charge is 0.323 e. The molecular formula is C17H14ClN3O. The zero-order valence-electron chi connectivity index (χ0n) is 11.6. The minimum Gasteiger partial charge on any atom is -0.397 e. The molecule has 0 saturated carbocycles. The molecule has 22 heavy (non-hydrogen) atoms. The monoisotopic (exact) mass is 311 g/mol. The Labute approximate surface area is 132 Å². The molecule has 3 rings (SSSR count). The van der Waals surface area contributed by atoms with E-state index in [0.29, 0.717) is 16.4 Å². The fourth-order valence-corrected chi connectivity index (χ4v) is 2.42. The highest BCUT2D eigenvalue weighted by Crippen LogP contribution is 2.25. The fourth-order valence-electron chi connectivity index (χ4n) is 2.25. The summed E-state index contributed by atoms with van der Waals surface area (Å²) in [5.41, 5.74) is 7.49. The molecule has 0 unspecified atom stereocenters. The fraction of sp³-hybridized carbons (Fsp3) is 0. The lowest BCUT2D eigenvalue weighted by Crippen LogP contribution is -2.20. The lowest BCUT2D eigenvalue weighted by molar-refractivity contribution is 0.262. The second kappa shape index (κ2) is 5.95. The summed E-state index contributed by atoms with van der Waals surface area (Å²) in [6.45, 7) is 0. The molecule has 0 bridgehead atoms. The van der Waals surface area contributed by atoms with Crippen molar-refractivity contribution in [2.75, 3.05) is 16.4 Å². The number of hydrogen-bond donors (Lipinski definition) is 3. The van der Waals surface area contributed by atoms with E-state index in [1.807, 2.05) is 42.5 Å². The Morgan fingerprint density at radius 2 is 1.64 bits per heavy atom. The van der Waals surface area contributed by atoms with E-state index < -0.39 is 0 Å². The van der Waals surface area contributed by atoms with E-state index in [1.54, 1.807) is 18.2 Å². The molecule has 4 nitrogen and oxygen atoms in total. The minimum absolute atomic E-state index is 0.370. The number of nitrogen functional groups attached to an aromatic ring is 1. The quantitative estimate of drug-likeness (QED) is 0.599. The summed E-state index contributed by atoms with van der Waals surface area (Å²) in [4.78, 5) is 12.2. The number of anilines is 3. The van der Waals surface area contributed by atoms with E-state index >= 15 is 0 Å². The van der Waals surface area contributed by atoms with Crippen LogP contribution in [0.5, 0.6) is 0 Å². The van der Waals surface area contributed by atoms with Gasteiger partial charge in [0.15, 0.2) is 0 Å². The topological polar surface area (TPSA) is 67.1 Å². The predicted octanol–water partition coefficient (Wildman–Crippen LogP) is 4.72. The molecular weight excluding hydrogens is 298 g/mol. The van der Waals surface area contributed by atoms with E-state index in [9.17, 15) is 4.79 Å². The van der Waals surface area contributed by atoms with Crippen LogP contribution in [-0.2, 0) is 0 Å². The van der Waals surface area contributed by atoms with Crippen molar-refractivity contribution in [3.63, 3.8) is 0 Å². The van der Waals surface area contributed by atoms with Crippen molar-refractivity contribution < 1.29 is 4.79 Å². The number of carbonyl (C=O) groups is 1. The normalized spacial score (nSPS) is 10.4. The molecule has 0 radical (unpaired) electrons. The first-order valence-electron chi connectivity index (χ1n) is 6.74. The van der Waals surface area contributed by atoms with E-state index in [0.717, 1.165) is 16.5 Å². The standard InChI is InChI=1S/C17H14ClN3O/c18-12-8-9-14(19)16(10-12)21-17(22)20-15-7-3-5-11-4-1-2-6-13(11)15/h1-10H,19H2,(H2,20,21,22). The van der Waals surface area contributed by atoms with Crippen LogP contribution in [0, 0.1) is 0 Å². The van der Waals surface area contributed by atoms with Crippen LogP contribution in [0.15, 0.2) is 60.7 Å². The first-order chi connectivity index (χ1) is 10.6. The third kappa shape index (κ3) is 2.97. The van der Waals surface area contributed by atoms with E-state index in [2.05, 4.69) is 10.6 Å². The molecule has 5 heteroatoms. The Hall–Kier alpha value is -2.72. The zero-order chi connectivity index (χ0) is 15.5. The molecule has 2 amide bonds.